The monoisotopic (exact) mass is 394 g/mol. The van der Waals surface area contributed by atoms with Crippen LogP contribution >= 0.6 is 0 Å². The van der Waals surface area contributed by atoms with Crippen LogP contribution < -0.4 is 10.6 Å². The van der Waals surface area contributed by atoms with E-state index in [1.165, 1.54) is 18.2 Å². The second-order valence-corrected chi connectivity index (χ2v) is 5.62. The maximum Gasteiger partial charge on any atom is 0.416 e. The Balaban J connectivity index is 2.01. The van der Waals surface area contributed by atoms with Crippen LogP contribution in [0.15, 0.2) is 48.5 Å². The Morgan fingerprint density at radius 2 is 1.64 bits per heavy atom. The first kappa shape index (κ1) is 20.9. The first-order valence-electron chi connectivity index (χ1n) is 8.24. The van der Waals surface area contributed by atoms with Gasteiger partial charge in [-0.2, -0.15) is 13.2 Å². The quantitative estimate of drug-likeness (QED) is 0.576. The second-order valence-electron chi connectivity index (χ2n) is 5.62. The molecule has 0 aliphatic rings. The molecule has 28 heavy (non-hydrogen) atoms. The number of ether oxygens (including phenoxy) is 1. The first-order chi connectivity index (χ1) is 13.2. The molecule has 0 aliphatic carbocycles. The smallest absolute Gasteiger partial charge is 0.416 e. The summed E-state index contributed by atoms with van der Waals surface area (Å²) in [6.45, 7) is 1.79. The number of rotatable bonds is 6. The van der Waals surface area contributed by atoms with Crippen LogP contribution in [0.25, 0.3) is 0 Å². The number of esters is 1. The molecule has 2 rings (SSSR count). The van der Waals surface area contributed by atoms with E-state index in [4.69, 9.17) is 4.74 Å². The average molecular weight is 394 g/mol. The van der Waals surface area contributed by atoms with E-state index in [2.05, 4.69) is 10.6 Å². The normalized spacial score (nSPS) is 10.9. The molecule has 0 atom stereocenters. The molecule has 148 valence electrons. The number of alkyl halides is 3. The Hall–Kier alpha value is -3.36. The molecule has 0 saturated heterocycles. The summed E-state index contributed by atoms with van der Waals surface area (Å²) in [5, 5.41) is 4.66. The zero-order valence-corrected chi connectivity index (χ0v) is 14.8. The van der Waals surface area contributed by atoms with E-state index in [1.54, 1.807) is 19.1 Å². The fourth-order valence-electron chi connectivity index (χ4n) is 2.30. The predicted molar refractivity (Wildman–Crippen MR) is 95.7 cm³/mol. The van der Waals surface area contributed by atoms with Crippen LogP contribution in [0.4, 0.5) is 24.5 Å². The Morgan fingerprint density at radius 1 is 0.964 bits per heavy atom. The molecule has 0 aliphatic heterocycles. The summed E-state index contributed by atoms with van der Waals surface area (Å²) in [7, 11) is 0. The lowest BCUT2D eigenvalue weighted by Gasteiger charge is -2.11. The molecule has 2 aromatic carbocycles. The largest absolute Gasteiger partial charge is 0.462 e. The van der Waals surface area contributed by atoms with Crippen molar-refractivity contribution in [2.24, 2.45) is 0 Å². The fraction of sp³-hybridized carbons (Fsp3) is 0.211. The number of anilines is 2. The number of carbonyl (C=O) groups is 3. The number of carbonyl (C=O) groups excluding carboxylic acids is 3. The van der Waals surface area contributed by atoms with Crippen LogP contribution in [0.1, 0.15) is 29.3 Å². The summed E-state index contributed by atoms with van der Waals surface area (Å²) in [6, 6.07) is 10.2. The maximum absolute atomic E-state index is 12.7. The minimum absolute atomic E-state index is 0.0838. The predicted octanol–water partition coefficient (Wildman–Crippen LogP) is 3.85. The number of hydrogen-bond acceptors (Lipinski definition) is 4. The summed E-state index contributed by atoms with van der Waals surface area (Å²) in [5.74, 6) is -2.17. The van der Waals surface area contributed by atoms with Gasteiger partial charge in [0, 0.05) is 5.69 Å². The van der Waals surface area contributed by atoms with Gasteiger partial charge >= 0.3 is 12.1 Å². The van der Waals surface area contributed by atoms with Crippen molar-refractivity contribution >= 4 is 29.2 Å². The number of amides is 2. The third-order valence-corrected chi connectivity index (χ3v) is 3.49. The molecule has 2 N–H and O–H groups in total. The molecule has 9 heteroatoms. The van der Waals surface area contributed by atoms with Crippen LogP contribution in [0.5, 0.6) is 0 Å². The van der Waals surface area contributed by atoms with Gasteiger partial charge in [0.15, 0.2) is 0 Å². The van der Waals surface area contributed by atoms with Crippen molar-refractivity contribution in [2.75, 3.05) is 17.2 Å². The summed E-state index contributed by atoms with van der Waals surface area (Å²) in [4.78, 5) is 35.9. The zero-order chi connectivity index (χ0) is 20.7. The fourth-order valence-corrected chi connectivity index (χ4v) is 2.30. The van der Waals surface area contributed by atoms with Gasteiger partial charge in [-0.1, -0.05) is 18.2 Å². The average Bonchev–Trinajstić information content (AvgIpc) is 2.61. The summed E-state index contributed by atoms with van der Waals surface area (Å²) in [6.07, 6.45) is -5.19. The summed E-state index contributed by atoms with van der Waals surface area (Å²) in [5.41, 5.74) is -0.716. The lowest BCUT2D eigenvalue weighted by Crippen LogP contribution is -2.22. The summed E-state index contributed by atoms with van der Waals surface area (Å²) >= 11 is 0. The molecule has 2 amide bonds. The van der Waals surface area contributed by atoms with Gasteiger partial charge in [-0.25, -0.2) is 4.79 Å². The van der Waals surface area contributed by atoms with Gasteiger partial charge < -0.3 is 15.4 Å². The standard InChI is InChI=1S/C19H17F3N2O4/c1-2-28-18(27)14-8-3-4-9-15(14)24-17(26)11-16(25)23-13-7-5-6-12(10-13)19(20,21)22/h3-10H,2,11H2,1H3,(H,23,25)(H,24,26). The number of para-hydroxylation sites is 1. The van der Waals surface area contributed by atoms with Gasteiger partial charge in [0.2, 0.25) is 11.8 Å². The van der Waals surface area contributed by atoms with Crippen molar-refractivity contribution in [1.29, 1.82) is 0 Å². The van der Waals surface area contributed by atoms with Gasteiger partial charge in [0.25, 0.3) is 0 Å². The molecule has 0 bridgehead atoms. The lowest BCUT2D eigenvalue weighted by atomic mass is 10.1. The third kappa shape index (κ3) is 5.83. The van der Waals surface area contributed by atoms with E-state index < -0.39 is 35.9 Å². The Bertz CT molecular complexity index is 881. The highest BCUT2D eigenvalue weighted by atomic mass is 19.4. The number of halogens is 3. The molecule has 0 saturated carbocycles. The van der Waals surface area contributed by atoms with E-state index in [-0.39, 0.29) is 23.5 Å². The highest BCUT2D eigenvalue weighted by Gasteiger charge is 2.30. The minimum Gasteiger partial charge on any atom is -0.462 e. The Morgan fingerprint density at radius 3 is 2.32 bits per heavy atom. The van der Waals surface area contributed by atoms with Gasteiger partial charge in [-0.15, -0.1) is 0 Å². The van der Waals surface area contributed by atoms with Crippen LogP contribution in [-0.2, 0) is 20.5 Å². The third-order valence-electron chi connectivity index (χ3n) is 3.49. The zero-order valence-electron chi connectivity index (χ0n) is 14.8. The lowest BCUT2D eigenvalue weighted by molar-refractivity contribution is -0.137. The van der Waals surface area contributed by atoms with E-state index in [0.29, 0.717) is 0 Å². The molecule has 0 heterocycles. The van der Waals surface area contributed by atoms with E-state index in [1.807, 2.05) is 0 Å². The van der Waals surface area contributed by atoms with Crippen LogP contribution in [0, 0.1) is 0 Å². The Kier molecular flexibility index (Phi) is 6.75. The van der Waals surface area contributed by atoms with Crippen LogP contribution in [0.3, 0.4) is 0 Å². The van der Waals surface area contributed by atoms with Crippen molar-refractivity contribution in [2.45, 2.75) is 19.5 Å². The number of nitrogens with one attached hydrogen (secondary N) is 2. The van der Waals surface area contributed by atoms with Gasteiger partial charge in [-0.05, 0) is 37.3 Å². The van der Waals surface area contributed by atoms with Gasteiger partial charge in [0.1, 0.15) is 6.42 Å². The topological polar surface area (TPSA) is 84.5 Å². The van der Waals surface area contributed by atoms with Crippen molar-refractivity contribution < 1.29 is 32.3 Å². The highest BCUT2D eigenvalue weighted by Crippen LogP contribution is 2.30. The van der Waals surface area contributed by atoms with Crippen molar-refractivity contribution in [3.8, 4) is 0 Å². The van der Waals surface area contributed by atoms with Crippen molar-refractivity contribution in [3.05, 3.63) is 59.7 Å². The van der Waals surface area contributed by atoms with Crippen LogP contribution in [0.2, 0.25) is 0 Å². The van der Waals surface area contributed by atoms with Gasteiger partial charge in [-0.3, -0.25) is 9.59 Å². The molecule has 0 spiro atoms. The number of hydrogen-bond donors (Lipinski definition) is 2. The molecule has 0 unspecified atom stereocenters. The van der Waals surface area contributed by atoms with Crippen molar-refractivity contribution in [3.63, 3.8) is 0 Å². The molecular weight excluding hydrogens is 377 g/mol. The van der Waals surface area contributed by atoms with E-state index >= 15 is 0 Å². The first-order valence-corrected chi connectivity index (χ1v) is 8.24. The maximum atomic E-state index is 12.7. The molecule has 0 aromatic heterocycles. The molecule has 6 nitrogen and oxygen atoms in total. The van der Waals surface area contributed by atoms with Crippen LogP contribution in [-0.4, -0.2) is 24.4 Å². The Labute approximate surface area is 158 Å². The second kappa shape index (κ2) is 9.03. The minimum atomic E-state index is -4.55. The molecule has 2 aromatic rings. The molecule has 0 radical (unpaired) electrons. The highest BCUT2D eigenvalue weighted by molar-refractivity contribution is 6.10. The number of benzene rings is 2. The van der Waals surface area contributed by atoms with Crippen molar-refractivity contribution in [1.82, 2.24) is 0 Å². The molecule has 0 fully saturated rings. The SMILES string of the molecule is CCOC(=O)c1ccccc1NC(=O)CC(=O)Nc1cccc(C(F)(F)F)c1. The van der Waals surface area contributed by atoms with E-state index in [9.17, 15) is 27.6 Å². The summed E-state index contributed by atoms with van der Waals surface area (Å²) < 4.78 is 43.0. The van der Waals surface area contributed by atoms with E-state index in [0.717, 1.165) is 18.2 Å². The van der Waals surface area contributed by atoms with Gasteiger partial charge in [0.05, 0.1) is 23.4 Å². The molecular formula is C19H17F3N2O4.